The Bertz CT molecular complexity index is 624. The van der Waals surface area contributed by atoms with Crippen LogP contribution in [0.4, 0.5) is 5.82 Å². The molecule has 0 saturated heterocycles. The van der Waals surface area contributed by atoms with Gasteiger partial charge in [-0.05, 0) is 18.6 Å². The van der Waals surface area contributed by atoms with Crippen molar-refractivity contribution in [3.8, 4) is 11.5 Å². The van der Waals surface area contributed by atoms with Gasteiger partial charge in [0.1, 0.15) is 12.4 Å². The number of carbonyl (C=O) groups is 1. The lowest BCUT2D eigenvalue weighted by Crippen LogP contribution is -2.40. The molecule has 20 heavy (non-hydrogen) atoms. The van der Waals surface area contributed by atoms with Crippen molar-refractivity contribution >= 4 is 11.7 Å². The van der Waals surface area contributed by atoms with Crippen LogP contribution in [0.25, 0.3) is 0 Å². The zero-order chi connectivity index (χ0) is 13.9. The van der Waals surface area contributed by atoms with Crippen LogP contribution in [0, 0.1) is 0 Å². The minimum Gasteiger partial charge on any atom is -0.485 e. The maximum atomic E-state index is 12.2. The molecule has 2 N–H and O–H groups in total. The molecule has 3 rings (SSSR count). The minimum absolute atomic E-state index is 0.193. The Morgan fingerprint density at radius 2 is 2.25 bits per heavy atom. The van der Waals surface area contributed by atoms with Gasteiger partial charge in [0.15, 0.2) is 11.5 Å². The van der Waals surface area contributed by atoms with E-state index < -0.39 is 6.10 Å². The summed E-state index contributed by atoms with van der Waals surface area (Å²) in [6, 6.07) is 7.29. The van der Waals surface area contributed by atoms with Gasteiger partial charge in [-0.25, -0.2) is 0 Å². The zero-order valence-corrected chi connectivity index (χ0v) is 11.1. The van der Waals surface area contributed by atoms with Crippen LogP contribution in [-0.4, -0.2) is 28.8 Å². The number of hydrogen-bond acceptors (Lipinski definition) is 4. The first kappa shape index (κ1) is 12.5. The van der Waals surface area contributed by atoms with Crippen LogP contribution in [0.15, 0.2) is 30.5 Å². The summed E-state index contributed by atoms with van der Waals surface area (Å²) >= 11 is 0. The monoisotopic (exact) mass is 273 g/mol. The fraction of sp³-hybridized carbons (Fsp3) is 0.286. The Morgan fingerprint density at radius 3 is 3.05 bits per heavy atom. The average molecular weight is 273 g/mol. The number of hydrogen-bond donors (Lipinski definition) is 2. The Kier molecular flexibility index (Phi) is 3.28. The second kappa shape index (κ2) is 5.24. The number of anilines is 1. The highest BCUT2D eigenvalue weighted by Gasteiger charge is 2.27. The molecule has 1 atom stereocenters. The van der Waals surface area contributed by atoms with Gasteiger partial charge in [-0.1, -0.05) is 19.1 Å². The average Bonchev–Trinajstić information content (AvgIpc) is 2.94. The summed E-state index contributed by atoms with van der Waals surface area (Å²) in [6.45, 7) is 2.19. The van der Waals surface area contributed by atoms with E-state index in [-0.39, 0.29) is 12.5 Å². The van der Waals surface area contributed by atoms with Gasteiger partial charge in [-0.15, -0.1) is 0 Å². The van der Waals surface area contributed by atoms with Crippen LogP contribution in [0.2, 0.25) is 0 Å². The summed E-state index contributed by atoms with van der Waals surface area (Å²) in [6.07, 6.45) is 1.82. The number of carbonyl (C=O) groups excluding carboxylic acids is 1. The van der Waals surface area contributed by atoms with E-state index in [0.29, 0.717) is 17.3 Å². The summed E-state index contributed by atoms with van der Waals surface area (Å²) in [7, 11) is 0. The molecule has 1 aliphatic rings. The first-order chi connectivity index (χ1) is 9.78. The van der Waals surface area contributed by atoms with Crippen molar-refractivity contribution in [1.82, 2.24) is 10.2 Å². The van der Waals surface area contributed by atoms with Crippen LogP contribution < -0.4 is 14.8 Å². The van der Waals surface area contributed by atoms with E-state index in [0.717, 1.165) is 12.0 Å². The Labute approximate surface area is 116 Å². The number of benzene rings is 1. The van der Waals surface area contributed by atoms with Crippen molar-refractivity contribution < 1.29 is 14.3 Å². The van der Waals surface area contributed by atoms with Gasteiger partial charge < -0.3 is 14.8 Å². The molecular formula is C14H15N3O3. The molecule has 0 bridgehead atoms. The molecule has 104 valence electrons. The van der Waals surface area contributed by atoms with E-state index in [1.54, 1.807) is 12.3 Å². The number of nitrogens with zero attached hydrogens (tertiary/aromatic N) is 1. The van der Waals surface area contributed by atoms with Gasteiger partial charge in [-0.3, -0.25) is 9.89 Å². The number of rotatable bonds is 3. The number of fused-ring (bicyclic) bond motifs is 1. The first-order valence-electron chi connectivity index (χ1n) is 6.49. The maximum absolute atomic E-state index is 12.2. The third-order valence-electron chi connectivity index (χ3n) is 3.15. The highest BCUT2D eigenvalue weighted by molar-refractivity contribution is 5.94. The summed E-state index contributed by atoms with van der Waals surface area (Å²) < 4.78 is 11.2. The Hall–Kier alpha value is -2.50. The third kappa shape index (κ3) is 2.32. The number of amides is 1. The number of para-hydroxylation sites is 2. The second-order valence-corrected chi connectivity index (χ2v) is 4.48. The van der Waals surface area contributed by atoms with E-state index in [9.17, 15) is 4.79 Å². The molecule has 0 radical (unpaired) electrons. The van der Waals surface area contributed by atoms with Gasteiger partial charge in [0.25, 0.3) is 5.91 Å². The number of ether oxygens (including phenoxy) is 2. The normalized spacial score (nSPS) is 16.8. The molecule has 2 heterocycles. The zero-order valence-electron chi connectivity index (χ0n) is 11.1. The summed E-state index contributed by atoms with van der Waals surface area (Å²) in [5.74, 6) is 1.60. The van der Waals surface area contributed by atoms with Gasteiger partial charge in [-0.2, -0.15) is 5.10 Å². The predicted octanol–water partition coefficient (Wildman–Crippen LogP) is 1.75. The van der Waals surface area contributed by atoms with Crippen molar-refractivity contribution in [2.75, 3.05) is 11.9 Å². The molecule has 1 amide bonds. The number of aromatic amines is 1. The highest BCUT2D eigenvalue weighted by Crippen LogP contribution is 2.31. The molecule has 1 aromatic heterocycles. The van der Waals surface area contributed by atoms with Crippen molar-refractivity contribution in [2.45, 2.75) is 19.4 Å². The van der Waals surface area contributed by atoms with Crippen LogP contribution in [0.3, 0.4) is 0 Å². The van der Waals surface area contributed by atoms with E-state index in [1.807, 2.05) is 25.1 Å². The highest BCUT2D eigenvalue weighted by atomic mass is 16.6. The van der Waals surface area contributed by atoms with Crippen LogP contribution in [0.5, 0.6) is 11.5 Å². The molecule has 1 aromatic carbocycles. The predicted molar refractivity (Wildman–Crippen MR) is 72.9 cm³/mol. The van der Waals surface area contributed by atoms with Crippen molar-refractivity contribution in [2.24, 2.45) is 0 Å². The fourth-order valence-electron chi connectivity index (χ4n) is 2.04. The molecule has 0 saturated carbocycles. The number of aromatic nitrogens is 2. The Morgan fingerprint density at radius 1 is 1.45 bits per heavy atom. The van der Waals surface area contributed by atoms with E-state index in [4.69, 9.17) is 9.47 Å². The standard InChI is InChI=1S/C14H15N3O3/c1-2-9-7-15-17-13(9)16-14(18)12-8-19-10-5-3-4-6-11(10)20-12/h3-7,12H,2,8H2,1H3,(H2,15,16,17,18). The lowest BCUT2D eigenvalue weighted by atomic mass is 10.2. The molecule has 0 fully saturated rings. The number of H-pyrrole nitrogens is 1. The molecule has 1 aliphatic heterocycles. The van der Waals surface area contributed by atoms with Crippen LogP contribution >= 0.6 is 0 Å². The molecular weight excluding hydrogens is 258 g/mol. The summed E-state index contributed by atoms with van der Waals surface area (Å²) in [4.78, 5) is 12.2. The van der Waals surface area contributed by atoms with Crippen LogP contribution in [0.1, 0.15) is 12.5 Å². The van der Waals surface area contributed by atoms with E-state index >= 15 is 0 Å². The Balaban J connectivity index is 1.70. The van der Waals surface area contributed by atoms with E-state index in [1.165, 1.54) is 0 Å². The van der Waals surface area contributed by atoms with E-state index in [2.05, 4.69) is 15.5 Å². The molecule has 0 spiro atoms. The van der Waals surface area contributed by atoms with Gasteiger partial charge in [0.2, 0.25) is 6.10 Å². The van der Waals surface area contributed by atoms with Crippen LogP contribution in [-0.2, 0) is 11.2 Å². The molecule has 0 aliphatic carbocycles. The lowest BCUT2D eigenvalue weighted by Gasteiger charge is -2.25. The topological polar surface area (TPSA) is 76.2 Å². The third-order valence-corrected chi connectivity index (χ3v) is 3.15. The summed E-state index contributed by atoms with van der Waals surface area (Å²) in [5.41, 5.74) is 0.954. The molecule has 6 nitrogen and oxygen atoms in total. The van der Waals surface area contributed by atoms with Crippen molar-refractivity contribution in [3.63, 3.8) is 0 Å². The summed E-state index contributed by atoms with van der Waals surface area (Å²) in [5, 5.41) is 9.46. The smallest absolute Gasteiger partial charge is 0.270 e. The van der Waals surface area contributed by atoms with Crippen molar-refractivity contribution in [1.29, 1.82) is 0 Å². The van der Waals surface area contributed by atoms with Gasteiger partial charge in [0.05, 0.1) is 6.20 Å². The first-order valence-corrected chi connectivity index (χ1v) is 6.49. The molecule has 6 heteroatoms. The largest absolute Gasteiger partial charge is 0.485 e. The number of aryl methyl sites for hydroxylation is 1. The van der Waals surface area contributed by atoms with Gasteiger partial charge >= 0.3 is 0 Å². The van der Waals surface area contributed by atoms with Crippen molar-refractivity contribution in [3.05, 3.63) is 36.0 Å². The van der Waals surface area contributed by atoms with Gasteiger partial charge in [0, 0.05) is 5.56 Å². The fourth-order valence-corrected chi connectivity index (χ4v) is 2.04. The molecule has 2 aromatic rings. The molecule has 1 unspecified atom stereocenters. The minimum atomic E-state index is -0.669. The second-order valence-electron chi connectivity index (χ2n) is 4.48. The quantitative estimate of drug-likeness (QED) is 0.893. The maximum Gasteiger partial charge on any atom is 0.270 e. The lowest BCUT2D eigenvalue weighted by molar-refractivity contribution is -0.125. The number of nitrogens with one attached hydrogen (secondary N) is 2. The SMILES string of the molecule is CCc1cn[nH]c1NC(=O)C1COc2ccccc2O1.